The van der Waals surface area contributed by atoms with E-state index in [0.717, 1.165) is 44.9 Å². The molecule has 1 N–H and O–H groups in total. The molecule has 0 heterocycles. The summed E-state index contributed by atoms with van der Waals surface area (Å²) in [5, 5.41) is 0. The molecule has 0 bridgehead atoms. The van der Waals surface area contributed by atoms with Gasteiger partial charge in [0, 0.05) is 13.0 Å². The minimum Gasteiger partial charge on any atom is -0.457 e. The molecule has 8 nitrogen and oxygen atoms in total. The number of hydrogen-bond acceptors (Lipinski definition) is 6. The van der Waals surface area contributed by atoms with E-state index in [-0.39, 0.29) is 25.8 Å². The summed E-state index contributed by atoms with van der Waals surface area (Å²) in [6.07, 6.45) is 55.7. The molecular formula is C52H99NO7P+. The summed E-state index contributed by atoms with van der Waals surface area (Å²) in [6, 6.07) is 0. The van der Waals surface area contributed by atoms with Crippen molar-refractivity contribution in [3.05, 3.63) is 48.6 Å². The zero-order chi connectivity index (χ0) is 44.8. The number of nitrogens with zero attached hydrogens (tertiary/aromatic N) is 1. The molecule has 0 fully saturated rings. The average molecular weight is 881 g/mol. The van der Waals surface area contributed by atoms with Crippen molar-refractivity contribution in [2.24, 2.45) is 0 Å². The maximum absolute atomic E-state index is 12.8. The van der Waals surface area contributed by atoms with E-state index in [4.69, 9.17) is 18.5 Å². The number of allylic oxidation sites excluding steroid dienone is 8. The van der Waals surface area contributed by atoms with E-state index in [1.807, 2.05) is 21.1 Å². The van der Waals surface area contributed by atoms with Gasteiger partial charge in [-0.1, -0.05) is 184 Å². The third-order valence-electron chi connectivity index (χ3n) is 10.9. The van der Waals surface area contributed by atoms with Crippen molar-refractivity contribution in [2.45, 2.75) is 225 Å². The van der Waals surface area contributed by atoms with Crippen molar-refractivity contribution >= 4 is 13.8 Å². The van der Waals surface area contributed by atoms with E-state index < -0.39 is 13.9 Å². The van der Waals surface area contributed by atoms with Crippen LogP contribution in [0.4, 0.5) is 0 Å². The Kier molecular flexibility index (Phi) is 43.9. The predicted octanol–water partition coefficient (Wildman–Crippen LogP) is 15.5. The van der Waals surface area contributed by atoms with Gasteiger partial charge in [0.05, 0.1) is 34.4 Å². The monoisotopic (exact) mass is 881 g/mol. The number of phosphoric acid groups is 1. The maximum Gasteiger partial charge on any atom is 0.472 e. The molecule has 0 amide bonds. The number of unbranched alkanes of at least 4 members (excludes halogenated alkanes) is 25. The van der Waals surface area contributed by atoms with E-state index in [0.29, 0.717) is 24.1 Å². The van der Waals surface area contributed by atoms with Gasteiger partial charge in [-0.05, 0) is 77.0 Å². The second-order valence-electron chi connectivity index (χ2n) is 18.2. The highest BCUT2D eigenvalue weighted by Gasteiger charge is 2.26. The molecule has 0 spiro atoms. The summed E-state index contributed by atoms with van der Waals surface area (Å²) >= 11 is 0. The number of likely N-dealkylation sites (N-methyl/N-ethyl adjacent to an activating group) is 1. The lowest BCUT2D eigenvalue weighted by molar-refractivity contribution is -0.870. The van der Waals surface area contributed by atoms with Crippen molar-refractivity contribution in [3.8, 4) is 0 Å². The number of rotatable bonds is 47. The van der Waals surface area contributed by atoms with E-state index in [2.05, 4.69) is 62.5 Å². The highest BCUT2D eigenvalue weighted by molar-refractivity contribution is 7.47. The van der Waals surface area contributed by atoms with Crippen molar-refractivity contribution in [3.63, 3.8) is 0 Å². The van der Waals surface area contributed by atoms with Gasteiger partial charge in [-0.25, -0.2) is 4.57 Å². The van der Waals surface area contributed by atoms with Gasteiger partial charge in [-0.15, -0.1) is 0 Å². The summed E-state index contributed by atoms with van der Waals surface area (Å²) in [6.45, 7) is 5.58. The SMILES string of the molecule is CCCCC/C=C\C/C=C\CCCCCCCCCCCCOCC(COP(=O)(O)OCC[N+](C)(C)C)OC(=O)CCCCCCCCCCC/C=C\C/C=C\CCCCC. The van der Waals surface area contributed by atoms with E-state index in [1.54, 1.807) is 0 Å². The second kappa shape index (κ2) is 45.0. The number of hydrogen-bond donors (Lipinski definition) is 1. The van der Waals surface area contributed by atoms with Crippen molar-refractivity contribution < 1.29 is 37.3 Å². The number of ether oxygens (including phenoxy) is 2. The molecular weight excluding hydrogens is 782 g/mol. The van der Waals surface area contributed by atoms with Crippen LogP contribution in [-0.2, 0) is 27.9 Å². The molecule has 0 aliphatic rings. The van der Waals surface area contributed by atoms with Gasteiger partial charge >= 0.3 is 13.8 Å². The molecule has 2 atom stereocenters. The lowest BCUT2D eigenvalue weighted by Gasteiger charge is -2.24. The van der Waals surface area contributed by atoms with E-state index in [1.165, 1.54) is 154 Å². The lowest BCUT2D eigenvalue weighted by Crippen LogP contribution is -2.37. The minimum atomic E-state index is -4.28. The second-order valence-corrected chi connectivity index (χ2v) is 19.6. The molecule has 0 aliphatic heterocycles. The fourth-order valence-electron chi connectivity index (χ4n) is 6.91. The van der Waals surface area contributed by atoms with E-state index >= 15 is 0 Å². The third kappa shape index (κ3) is 49.3. The van der Waals surface area contributed by atoms with Crippen molar-refractivity contribution in [1.29, 1.82) is 0 Å². The number of carbonyl (C=O) groups excluding carboxylic acids is 1. The normalized spacial score (nSPS) is 14.0. The molecule has 0 aromatic heterocycles. The van der Waals surface area contributed by atoms with Gasteiger partial charge in [-0.3, -0.25) is 13.8 Å². The summed E-state index contributed by atoms with van der Waals surface area (Å²) in [5.74, 6) is -0.318. The maximum atomic E-state index is 12.8. The molecule has 0 aromatic rings. The lowest BCUT2D eigenvalue weighted by atomic mass is 10.1. The van der Waals surface area contributed by atoms with Crippen LogP contribution in [0.5, 0.6) is 0 Å². The van der Waals surface area contributed by atoms with Crippen LogP contribution >= 0.6 is 7.82 Å². The summed E-state index contributed by atoms with van der Waals surface area (Å²) in [4.78, 5) is 23.0. The van der Waals surface area contributed by atoms with E-state index in [9.17, 15) is 14.3 Å². The molecule has 0 saturated heterocycles. The quantitative estimate of drug-likeness (QED) is 0.0214. The van der Waals surface area contributed by atoms with Gasteiger partial charge in [0.25, 0.3) is 0 Å². The number of esters is 1. The van der Waals surface area contributed by atoms with Gasteiger partial charge < -0.3 is 18.9 Å². The van der Waals surface area contributed by atoms with Gasteiger partial charge in [0.15, 0.2) is 0 Å². The topological polar surface area (TPSA) is 91.3 Å². The largest absolute Gasteiger partial charge is 0.472 e. The van der Waals surface area contributed by atoms with Crippen LogP contribution in [0, 0.1) is 0 Å². The van der Waals surface area contributed by atoms with Crippen LogP contribution < -0.4 is 0 Å². The first kappa shape index (κ1) is 59.5. The number of quaternary nitrogens is 1. The predicted molar refractivity (Wildman–Crippen MR) is 261 cm³/mol. The molecule has 0 radical (unpaired) electrons. The standard InChI is InChI=1S/C52H98NO7P/c1-6-8-10-12-14-16-18-20-22-24-26-28-30-32-34-36-38-40-42-44-47-57-49-51(50-59-61(55,56)58-48-46-53(3,4)5)60-52(54)45-43-41-39-37-35-33-31-29-27-25-23-21-19-17-15-13-11-9-7-2/h14-17,20-23,51H,6-13,18-19,24-50H2,1-5H3/p+1/b16-14-,17-15-,22-20-,23-21-. The molecule has 0 aromatic carbocycles. The summed E-state index contributed by atoms with van der Waals surface area (Å²) < 4.78 is 35.1. The highest BCUT2D eigenvalue weighted by Crippen LogP contribution is 2.43. The zero-order valence-electron chi connectivity index (χ0n) is 40.7. The first-order valence-electron chi connectivity index (χ1n) is 25.4. The Morgan fingerprint density at radius 3 is 1.33 bits per heavy atom. The third-order valence-corrected chi connectivity index (χ3v) is 11.8. The zero-order valence-corrected chi connectivity index (χ0v) is 41.5. The van der Waals surface area contributed by atoms with Crippen LogP contribution in [0.15, 0.2) is 48.6 Å². The van der Waals surface area contributed by atoms with Crippen LogP contribution in [0.25, 0.3) is 0 Å². The number of carbonyl (C=O) groups is 1. The molecule has 9 heteroatoms. The fraction of sp³-hybridized carbons (Fsp3) is 0.827. The highest BCUT2D eigenvalue weighted by atomic mass is 31.2. The number of phosphoric ester groups is 1. The van der Waals surface area contributed by atoms with Crippen molar-refractivity contribution in [1.82, 2.24) is 0 Å². The molecule has 358 valence electrons. The Bertz CT molecular complexity index is 1120. The first-order chi connectivity index (χ1) is 29.6. The summed E-state index contributed by atoms with van der Waals surface area (Å²) in [5.41, 5.74) is 0. The molecule has 61 heavy (non-hydrogen) atoms. The molecule has 0 saturated carbocycles. The Morgan fingerprint density at radius 2 is 0.902 bits per heavy atom. The minimum absolute atomic E-state index is 0.0863. The Balaban J connectivity index is 4.16. The van der Waals surface area contributed by atoms with Gasteiger partial charge in [0.1, 0.15) is 19.3 Å². The smallest absolute Gasteiger partial charge is 0.457 e. The van der Waals surface area contributed by atoms with Gasteiger partial charge in [0.2, 0.25) is 0 Å². The van der Waals surface area contributed by atoms with Crippen LogP contribution in [0.2, 0.25) is 0 Å². The van der Waals surface area contributed by atoms with Crippen LogP contribution in [0.1, 0.15) is 219 Å². The molecule has 0 aliphatic carbocycles. The average Bonchev–Trinajstić information content (AvgIpc) is 3.22. The first-order valence-corrected chi connectivity index (χ1v) is 26.9. The summed E-state index contributed by atoms with van der Waals surface area (Å²) in [7, 11) is 1.66. The Morgan fingerprint density at radius 1 is 0.508 bits per heavy atom. The van der Waals surface area contributed by atoms with Crippen LogP contribution in [-0.4, -0.2) is 75.6 Å². The molecule has 2 unspecified atom stereocenters. The van der Waals surface area contributed by atoms with Gasteiger partial charge in [-0.2, -0.15) is 0 Å². The van der Waals surface area contributed by atoms with Crippen LogP contribution in [0.3, 0.4) is 0 Å². The Hall–Kier alpha value is -1.54. The molecule has 0 rings (SSSR count). The van der Waals surface area contributed by atoms with Crippen molar-refractivity contribution in [2.75, 3.05) is 54.1 Å². The Labute approximate surface area is 378 Å². The fourth-order valence-corrected chi connectivity index (χ4v) is 7.65.